The molecule has 1 fully saturated rings. The summed E-state index contributed by atoms with van der Waals surface area (Å²) in [6.45, 7) is 0. The van der Waals surface area contributed by atoms with Crippen LogP contribution in [0.2, 0.25) is 0 Å². The van der Waals surface area contributed by atoms with Crippen LogP contribution >= 0.6 is 11.8 Å². The van der Waals surface area contributed by atoms with E-state index in [0.717, 1.165) is 5.25 Å². The van der Waals surface area contributed by atoms with Gasteiger partial charge in [0.1, 0.15) is 0 Å². The first-order chi connectivity index (χ1) is 3.84. The lowest BCUT2D eigenvalue weighted by molar-refractivity contribution is 0.717. The van der Waals surface area contributed by atoms with E-state index in [9.17, 15) is 0 Å². The van der Waals surface area contributed by atoms with E-state index in [4.69, 9.17) is 5.73 Å². The minimum absolute atomic E-state index is 0.491. The summed E-state index contributed by atoms with van der Waals surface area (Å²) in [6.07, 6.45) is 6.07. The highest BCUT2D eigenvalue weighted by atomic mass is 32.2. The van der Waals surface area contributed by atoms with Crippen LogP contribution in [0.15, 0.2) is 0 Å². The van der Waals surface area contributed by atoms with Crippen molar-refractivity contribution >= 4 is 11.8 Å². The molecular weight excluding hydrogens is 118 g/mol. The van der Waals surface area contributed by atoms with Crippen LogP contribution in [0.25, 0.3) is 0 Å². The van der Waals surface area contributed by atoms with Crippen LogP contribution in [0.3, 0.4) is 0 Å². The van der Waals surface area contributed by atoms with Gasteiger partial charge in [-0.3, -0.25) is 0 Å². The Kier molecular flexibility index (Phi) is 2.20. The molecular formula is C6H13NS. The lowest BCUT2D eigenvalue weighted by Crippen LogP contribution is -2.25. The minimum Gasteiger partial charge on any atom is -0.327 e. The Labute approximate surface area is 55.0 Å². The molecule has 2 atom stereocenters. The normalized spacial score (nSPS) is 38.2. The third kappa shape index (κ3) is 1.17. The molecule has 0 unspecified atom stereocenters. The van der Waals surface area contributed by atoms with Gasteiger partial charge in [-0.2, -0.15) is 11.8 Å². The highest BCUT2D eigenvalue weighted by molar-refractivity contribution is 7.99. The summed E-state index contributed by atoms with van der Waals surface area (Å²) in [5.74, 6) is 0. The number of hydrogen-bond acceptors (Lipinski definition) is 2. The van der Waals surface area contributed by atoms with Gasteiger partial charge in [-0.1, -0.05) is 6.42 Å². The average Bonchev–Trinajstić information content (AvgIpc) is 2.14. The summed E-state index contributed by atoms with van der Waals surface area (Å²) in [5, 5.41) is 0.759. The molecule has 0 radical (unpaired) electrons. The Balaban J connectivity index is 2.30. The molecule has 8 heavy (non-hydrogen) atoms. The fraction of sp³-hybridized carbons (Fsp3) is 1.00. The van der Waals surface area contributed by atoms with Crippen molar-refractivity contribution in [2.45, 2.75) is 30.6 Å². The average molecular weight is 131 g/mol. The van der Waals surface area contributed by atoms with E-state index in [-0.39, 0.29) is 0 Å². The maximum atomic E-state index is 5.77. The topological polar surface area (TPSA) is 26.0 Å². The molecule has 2 N–H and O–H groups in total. The second kappa shape index (κ2) is 2.74. The fourth-order valence-corrected chi connectivity index (χ4v) is 2.14. The number of nitrogens with two attached hydrogens (primary N) is 1. The predicted octanol–water partition coefficient (Wildman–Crippen LogP) is 1.23. The Bertz CT molecular complexity index is 74.9. The zero-order chi connectivity index (χ0) is 5.98. The van der Waals surface area contributed by atoms with Gasteiger partial charge in [0.15, 0.2) is 0 Å². The molecule has 0 aromatic rings. The molecule has 1 saturated carbocycles. The third-order valence-corrected chi connectivity index (χ3v) is 3.00. The molecule has 0 amide bonds. The molecule has 0 saturated heterocycles. The van der Waals surface area contributed by atoms with E-state index in [2.05, 4.69) is 6.26 Å². The van der Waals surface area contributed by atoms with Crippen LogP contribution in [0.4, 0.5) is 0 Å². The summed E-state index contributed by atoms with van der Waals surface area (Å²) in [4.78, 5) is 0. The van der Waals surface area contributed by atoms with Gasteiger partial charge in [0.25, 0.3) is 0 Å². The summed E-state index contributed by atoms with van der Waals surface area (Å²) in [6, 6.07) is 0.491. The van der Waals surface area contributed by atoms with Crippen molar-refractivity contribution in [2.24, 2.45) is 5.73 Å². The summed E-state index contributed by atoms with van der Waals surface area (Å²) >= 11 is 1.92. The quantitative estimate of drug-likeness (QED) is 0.579. The maximum absolute atomic E-state index is 5.77. The molecule has 1 aliphatic carbocycles. The highest BCUT2D eigenvalue weighted by Crippen LogP contribution is 2.26. The second-order valence-corrected chi connectivity index (χ2v) is 3.45. The van der Waals surface area contributed by atoms with E-state index in [1.165, 1.54) is 19.3 Å². The van der Waals surface area contributed by atoms with Crippen molar-refractivity contribution in [3.05, 3.63) is 0 Å². The van der Waals surface area contributed by atoms with Gasteiger partial charge in [-0.05, 0) is 19.1 Å². The van der Waals surface area contributed by atoms with Gasteiger partial charge < -0.3 is 5.73 Å². The SMILES string of the molecule is CS[C@@H]1CCC[C@H]1N. The molecule has 0 aromatic carbocycles. The monoisotopic (exact) mass is 131 g/mol. The molecule has 0 spiro atoms. The zero-order valence-corrected chi connectivity index (χ0v) is 6.08. The van der Waals surface area contributed by atoms with Gasteiger partial charge >= 0.3 is 0 Å². The molecule has 1 aliphatic rings. The van der Waals surface area contributed by atoms with Crippen LogP contribution in [0, 0.1) is 0 Å². The second-order valence-electron chi connectivity index (χ2n) is 2.37. The molecule has 2 heteroatoms. The van der Waals surface area contributed by atoms with E-state index in [0.29, 0.717) is 6.04 Å². The summed E-state index contributed by atoms with van der Waals surface area (Å²) in [5.41, 5.74) is 5.77. The lowest BCUT2D eigenvalue weighted by atomic mass is 10.3. The van der Waals surface area contributed by atoms with Crippen molar-refractivity contribution in [1.29, 1.82) is 0 Å². The van der Waals surface area contributed by atoms with E-state index < -0.39 is 0 Å². The summed E-state index contributed by atoms with van der Waals surface area (Å²) < 4.78 is 0. The van der Waals surface area contributed by atoms with Crippen molar-refractivity contribution in [3.8, 4) is 0 Å². The molecule has 1 rings (SSSR count). The Morgan fingerprint density at radius 2 is 2.25 bits per heavy atom. The number of rotatable bonds is 1. The van der Waals surface area contributed by atoms with E-state index >= 15 is 0 Å². The Morgan fingerprint density at radius 1 is 1.50 bits per heavy atom. The van der Waals surface area contributed by atoms with Crippen molar-refractivity contribution in [3.63, 3.8) is 0 Å². The minimum atomic E-state index is 0.491. The predicted molar refractivity (Wildman–Crippen MR) is 39.1 cm³/mol. The molecule has 0 heterocycles. The maximum Gasteiger partial charge on any atom is 0.0196 e. The van der Waals surface area contributed by atoms with Gasteiger partial charge in [0.05, 0.1) is 0 Å². The smallest absolute Gasteiger partial charge is 0.0196 e. The van der Waals surface area contributed by atoms with Crippen LogP contribution in [-0.2, 0) is 0 Å². The first kappa shape index (κ1) is 6.43. The van der Waals surface area contributed by atoms with Gasteiger partial charge in [0.2, 0.25) is 0 Å². The van der Waals surface area contributed by atoms with Crippen LogP contribution < -0.4 is 5.73 Å². The molecule has 0 aliphatic heterocycles. The molecule has 1 nitrogen and oxygen atoms in total. The standard InChI is InChI=1S/C6H13NS/c1-8-6-4-2-3-5(6)7/h5-6H,2-4,7H2,1H3/t5-,6-/m1/s1. The third-order valence-electron chi connectivity index (χ3n) is 1.81. The first-order valence-corrected chi connectivity index (χ1v) is 4.42. The van der Waals surface area contributed by atoms with Crippen LogP contribution in [-0.4, -0.2) is 17.5 Å². The van der Waals surface area contributed by atoms with E-state index in [1.807, 2.05) is 11.8 Å². The largest absolute Gasteiger partial charge is 0.327 e. The highest BCUT2D eigenvalue weighted by Gasteiger charge is 2.21. The Hall–Kier alpha value is 0.310. The molecule has 0 aromatic heterocycles. The van der Waals surface area contributed by atoms with Crippen LogP contribution in [0.1, 0.15) is 19.3 Å². The number of hydrogen-bond donors (Lipinski definition) is 1. The molecule has 0 bridgehead atoms. The van der Waals surface area contributed by atoms with Gasteiger partial charge in [-0.25, -0.2) is 0 Å². The summed E-state index contributed by atoms with van der Waals surface area (Å²) in [7, 11) is 0. The number of thioether (sulfide) groups is 1. The first-order valence-electron chi connectivity index (χ1n) is 3.13. The van der Waals surface area contributed by atoms with E-state index in [1.54, 1.807) is 0 Å². The van der Waals surface area contributed by atoms with Crippen molar-refractivity contribution in [1.82, 2.24) is 0 Å². The van der Waals surface area contributed by atoms with Gasteiger partial charge in [-0.15, -0.1) is 0 Å². The van der Waals surface area contributed by atoms with Gasteiger partial charge in [0, 0.05) is 11.3 Å². The zero-order valence-electron chi connectivity index (χ0n) is 5.26. The van der Waals surface area contributed by atoms with Crippen molar-refractivity contribution < 1.29 is 0 Å². The van der Waals surface area contributed by atoms with Crippen molar-refractivity contribution in [2.75, 3.05) is 6.26 Å². The van der Waals surface area contributed by atoms with Crippen LogP contribution in [0.5, 0.6) is 0 Å². The fourth-order valence-electron chi connectivity index (χ4n) is 1.25. The lowest BCUT2D eigenvalue weighted by Gasteiger charge is -2.10. The Morgan fingerprint density at radius 3 is 2.50 bits per heavy atom. The molecule has 48 valence electrons.